The molecule has 0 saturated carbocycles. The number of nitrogens with zero attached hydrogens (tertiary/aromatic N) is 5. The molecule has 5 nitrogen and oxygen atoms in total. The zero-order chi connectivity index (χ0) is 44.5. The van der Waals surface area contributed by atoms with E-state index in [1.807, 2.05) is 60.7 Å². The fourth-order valence-corrected chi connectivity index (χ4v) is 9.23. The molecule has 67 heavy (non-hydrogen) atoms. The van der Waals surface area contributed by atoms with E-state index in [1.54, 1.807) is 0 Å². The van der Waals surface area contributed by atoms with Gasteiger partial charge in [-0.25, -0.2) is 19.5 Å². The maximum Gasteiger partial charge on any atom is 0.164 e. The van der Waals surface area contributed by atoms with Gasteiger partial charge in [0, 0.05) is 44.3 Å². The minimum Gasteiger partial charge on any atom is -0.231 e. The van der Waals surface area contributed by atoms with Crippen LogP contribution in [0.3, 0.4) is 0 Å². The van der Waals surface area contributed by atoms with E-state index in [4.69, 9.17) is 20.1 Å². The van der Waals surface area contributed by atoms with Gasteiger partial charge in [0.25, 0.3) is 0 Å². The molecule has 0 aliphatic carbocycles. The van der Waals surface area contributed by atoms with Gasteiger partial charge < -0.3 is 0 Å². The van der Waals surface area contributed by atoms with Gasteiger partial charge in [-0.15, -0.1) is 0 Å². The summed E-state index contributed by atoms with van der Waals surface area (Å²) in [7, 11) is 0. The van der Waals surface area contributed by atoms with Gasteiger partial charge in [-0.05, 0) is 38.8 Å². The summed E-state index contributed by atoms with van der Waals surface area (Å²) in [6, 6.07) is 87.1. The third kappa shape index (κ3) is 7.44. The molecule has 0 saturated heterocycles. The van der Waals surface area contributed by atoms with Crippen LogP contribution in [0.2, 0.25) is 0 Å². The van der Waals surface area contributed by atoms with Crippen LogP contribution >= 0.6 is 0 Å². The number of hydrogen-bond donors (Lipinski definition) is 0. The molecular formula is C62H41N5. The molecule has 0 amide bonds. The van der Waals surface area contributed by atoms with Gasteiger partial charge in [-0.3, -0.25) is 0 Å². The number of pyridine rings is 1. The molecule has 12 aromatic rings. The van der Waals surface area contributed by atoms with Crippen molar-refractivity contribution in [3.05, 3.63) is 249 Å². The second-order valence-electron chi connectivity index (χ2n) is 16.6. The fourth-order valence-electron chi connectivity index (χ4n) is 9.23. The Bertz CT molecular complexity index is 3610. The maximum absolute atomic E-state index is 5.53. The number of aromatic nitrogens is 5. The molecule has 0 unspecified atom stereocenters. The SMILES string of the molecule is c1ccc(-c2nc(-c3ccccc3)nc(-c3ccc(-c4ccc(-c5ccc(-c6c(-c7ccccc7)n7nc(-c8ccccc8)c(-c8ccccc8)c7c7ccccc67)cc5)cc4)cc3)n2)cc1. The van der Waals surface area contributed by atoms with Crippen molar-refractivity contribution in [2.45, 2.75) is 0 Å². The van der Waals surface area contributed by atoms with Crippen molar-refractivity contribution >= 4 is 16.3 Å². The van der Waals surface area contributed by atoms with E-state index in [0.29, 0.717) is 17.5 Å². The molecule has 0 fully saturated rings. The number of fused-ring (bicyclic) bond motifs is 3. The van der Waals surface area contributed by atoms with Crippen molar-refractivity contribution in [1.29, 1.82) is 0 Å². The number of rotatable bonds is 9. The monoisotopic (exact) mass is 855 g/mol. The Hall–Kier alpha value is -9.06. The third-order valence-electron chi connectivity index (χ3n) is 12.5. The quantitative estimate of drug-likeness (QED) is 0.145. The molecular weight excluding hydrogens is 815 g/mol. The summed E-state index contributed by atoms with van der Waals surface area (Å²) in [5, 5.41) is 7.86. The Labute approximate surface area is 389 Å². The highest BCUT2D eigenvalue weighted by Crippen LogP contribution is 2.46. The molecule has 5 heteroatoms. The Kier molecular flexibility index (Phi) is 10.1. The Morgan fingerprint density at radius 1 is 0.239 bits per heavy atom. The van der Waals surface area contributed by atoms with E-state index in [-0.39, 0.29) is 0 Å². The highest BCUT2D eigenvalue weighted by molar-refractivity contribution is 6.15. The lowest BCUT2D eigenvalue weighted by molar-refractivity contribution is 0.981. The van der Waals surface area contributed by atoms with Gasteiger partial charge in [0.2, 0.25) is 0 Å². The van der Waals surface area contributed by atoms with Gasteiger partial charge in [0.05, 0.1) is 11.2 Å². The van der Waals surface area contributed by atoms with Crippen LogP contribution in [0.15, 0.2) is 249 Å². The predicted molar refractivity (Wildman–Crippen MR) is 275 cm³/mol. The molecule has 0 atom stereocenters. The van der Waals surface area contributed by atoms with Crippen molar-refractivity contribution in [2.75, 3.05) is 0 Å². The molecule has 3 heterocycles. The Morgan fingerprint density at radius 2 is 0.552 bits per heavy atom. The average Bonchev–Trinajstić information content (AvgIpc) is 3.83. The first-order chi connectivity index (χ1) is 33.2. The highest BCUT2D eigenvalue weighted by Gasteiger charge is 2.25. The number of benzene rings is 9. The highest BCUT2D eigenvalue weighted by atomic mass is 15.2. The van der Waals surface area contributed by atoms with E-state index in [0.717, 1.165) is 94.6 Å². The predicted octanol–water partition coefficient (Wildman–Crippen LogP) is 15.7. The smallest absolute Gasteiger partial charge is 0.164 e. The molecule has 9 aromatic carbocycles. The summed E-state index contributed by atoms with van der Waals surface area (Å²) in [5.41, 5.74) is 17.2. The lowest BCUT2D eigenvalue weighted by atomic mass is 9.90. The lowest BCUT2D eigenvalue weighted by Gasteiger charge is -2.18. The molecule has 0 bridgehead atoms. The van der Waals surface area contributed by atoms with E-state index in [1.165, 1.54) is 5.39 Å². The van der Waals surface area contributed by atoms with Gasteiger partial charge in [-0.1, -0.05) is 249 Å². The van der Waals surface area contributed by atoms with Crippen molar-refractivity contribution in [2.24, 2.45) is 0 Å². The lowest BCUT2D eigenvalue weighted by Crippen LogP contribution is -2.00. The van der Waals surface area contributed by atoms with Crippen molar-refractivity contribution in [1.82, 2.24) is 24.6 Å². The molecule has 314 valence electrons. The van der Waals surface area contributed by atoms with Gasteiger partial charge in [0.1, 0.15) is 5.69 Å². The van der Waals surface area contributed by atoms with Crippen molar-refractivity contribution in [3.8, 4) is 101 Å². The minimum absolute atomic E-state index is 0.639. The summed E-state index contributed by atoms with van der Waals surface area (Å²) < 4.78 is 2.20. The first kappa shape index (κ1) is 39.5. The van der Waals surface area contributed by atoms with Crippen LogP contribution in [0, 0.1) is 0 Å². The molecule has 3 aromatic heterocycles. The zero-order valence-corrected chi connectivity index (χ0v) is 36.4. The largest absolute Gasteiger partial charge is 0.231 e. The van der Waals surface area contributed by atoms with Crippen LogP contribution in [-0.2, 0) is 0 Å². The van der Waals surface area contributed by atoms with Crippen LogP contribution in [-0.4, -0.2) is 24.6 Å². The normalized spacial score (nSPS) is 11.3. The molecule has 0 N–H and O–H groups in total. The first-order valence-electron chi connectivity index (χ1n) is 22.6. The molecule has 0 spiro atoms. The van der Waals surface area contributed by atoms with E-state index in [2.05, 4.69) is 193 Å². The molecule has 0 aliphatic rings. The Balaban J connectivity index is 0.903. The fraction of sp³-hybridized carbons (Fsp3) is 0. The molecule has 0 radical (unpaired) electrons. The maximum atomic E-state index is 5.53. The van der Waals surface area contributed by atoms with E-state index >= 15 is 0 Å². The van der Waals surface area contributed by atoms with Crippen LogP contribution in [0.1, 0.15) is 0 Å². The third-order valence-corrected chi connectivity index (χ3v) is 12.5. The van der Waals surface area contributed by atoms with Crippen LogP contribution < -0.4 is 0 Å². The molecule has 0 aliphatic heterocycles. The summed E-state index contributed by atoms with van der Waals surface area (Å²) >= 11 is 0. The second kappa shape index (κ2) is 17.1. The minimum atomic E-state index is 0.639. The van der Waals surface area contributed by atoms with Crippen molar-refractivity contribution < 1.29 is 0 Å². The molecule has 12 rings (SSSR count). The first-order valence-corrected chi connectivity index (χ1v) is 22.6. The zero-order valence-electron chi connectivity index (χ0n) is 36.4. The van der Waals surface area contributed by atoms with Gasteiger partial charge in [-0.2, -0.15) is 5.10 Å². The van der Waals surface area contributed by atoms with Crippen LogP contribution in [0.4, 0.5) is 0 Å². The van der Waals surface area contributed by atoms with E-state index < -0.39 is 0 Å². The van der Waals surface area contributed by atoms with Crippen LogP contribution in [0.5, 0.6) is 0 Å². The van der Waals surface area contributed by atoms with Crippen LogP contribution in [0.25, 0.3) is 117 Å². The van der Waals surface area contributed by atoms with E-state index in [9.17, 15) is 0 Å². The topological polar surface area (TPSA) is 56.0 Å². The summed E-state index contributed by atoms with van der Waals surface area (Å²) in [6.45, 7) is 0. The van der Waals surface area contributed by atoms with Gasteiger partial charge >= 0.3 is 0 Å². The van der Waals surface area contributed by atoms with Gasteiger partial charge in [0.15, 0.2) is 17.5 Å². The summed E-state index contributed by atoms with van der Waals surface area (Å²) in [5.74, 6) is 1.94. The summed E-state index contributed by atoms with van der Waals surface area (Å²) in [6.07, 6.45) is 0. The number of hydrogen-bond acceptors (Lipinski definition) is 4. The summed E-state index contributed by atoms with van der Waals surface area (Å²) in [4.78, 5) is 14.7. The second-order valence-corrected chi connectivity index (χ2v) is 16.6. The van der Waals surface area contributed by atoms with Crippen molar-refractivity contribution in [3.63, 3.8) is 0 Å². The Morgan fingerprint density at radius 3 is 1.00 bits per heavy atom. The average molecular weight is 856 g/mol. The standard InChI is InChI=1S/C62H41N5/c1-6-18-46(19-7-1)56-57(48-20-8-2-9-21-48)66-67-58(49-22-10-3-11-23-49)55(53-28-16-17-29-54(53)59(56)67)47-38-34-44(35-39-47)42-30-32-43(33-31-42)45-36-40-52(41-37-45)62-64-60(50-24-12-4-13-25-50)63-61(65-62)51-26-14-5-15-27-51/h1-41H.